The average Bonchev–Trinajstić information content (AvgIpc) is 3.22. The lowest BCUT2D eigenvalue weighted by Crippen LogP contribution is -2.33. The van der Waals surface area contributed by atoms with E-state index in [9.17, 15) is 14.4 Å². The number of methoxy groups -OCH3 is 1. The Morgan fingerprint density at radius 3 is 2.31 bits per heavy atom. The molecule has 0 aliphatic carbocycles. The van der Waals surface area contributed by atoms with Crippen LogP contribution in [0, 0.1) is 5.92 Å². The first-order chi connectivity index (χ1) is 17.1. The molecule has 1 heterocycles. The zero-order chi connectivity index (χ0) is 26.4. The molecular weight excluding hydrogens is 525 g/mol. The van der Waals surface area contributed by atoms with E-state index in [2.05, 4.69) is 25.6 Å². The monoisotopic (exact) mass is 549 g/mol. The summed E-state index contributed by atoms with van der Waals surface area (Å²) in [5.41, 5.74) is 1.32. The summed E-state index contributed by atoms with van der Waals surface area (Å²) in [5.74, 6) is -0.360. The molecule has 12 heteroatoms. The van der Waals surface area contributed by atoms with Crippen LogP contribution in [-0.2, 0) is 16.6 Å². The molecule has 0 fully saturated rings. The molecule has 0 saturated carbocycles. The van der Waals surface area contributed by atoms with Gasteiger partial charge in [-0.3, -0.25) is 9.59 Å². The summed E-state index contributed by atoms with van der Waals surface area (Å²) in [6, 6.07) is 10.6. The fourth-order valence-electron chi connectivity index (χ4n) is 3.25. The number of ether oxygens (including phenoxy) is 1. The number of thioether (sulfide) groups is 1. The van der Waals surface area contributed by atoms with Crippen molar-refractivity contribution in [2.24, 2.45) is 13.0 Å². The summed E-state index contributed by atoms with van der Waals surface area (Å²) < 4.78 is 6.42. The summed E-state index contributed by atoms with van der Waals surface area (Å²) >= 11 is 13.2. The van der Waals surface area contributed by atoms with E-state index in [0.29, 0.717) is 37.8 Å². The van der Waals surface area contributed by atoms with E-state index in [0.717, 1.165) is 0 Å². The van der Waals surface area contributed by atoms with Gasteiger partial charge in [0.1, 0.15) is 0 Å². The molecule has 0 radical (unpaired) electrons. The van der Waals surface area contributed by atoms with Crippen LogP contribution in [0.3, 0.4) is 0 Å². The zero-order valence-electron chi connectivity index (χ0n) is 20.0. The molecule has 3 rings (SSSR count). The predicted molar refractivity (Wildman–Crippen MR) is 140 cm³/mol. The van der Waals surface area contributed by atoms with Crippen LogP contribution in [0.15, 0.2) is 47.6 Å². The molecule has 1 atom stereocenters. The molecule has 0 aliphatic rings. The number of esters is 1. The van der Waals surface area contributed by atoms with Crippen LogP contribution >= 0.6 is 35.0 Å². The number of benzene rings is 2. The highest BCUT2D eigenvalue weighted by molar-refractivity contribution is 7.99. The lowest BCUT2D eigenvalue weighted by atomic mass is 10.0. The highest BCUT2D eigenvalue weighted by atomic mass is 35.5. The van der Waals surface area contributed by atoms with Crippen molar-refractivity contribution in [3.63, 3.8) is 0 Å². The van der Waals surface area contributed by atoms with Crippen LogP contribution in [-0.4, -0.2) is 45.4 Å². The summed E-state index contributed by atoms with van der Waals surface area (Å²) in [7, 11) is 3.09. The summed E-state index contributed by atoms with van der Waals surface area (Å²) in [6.45, 7) is 3.92. The Morgan fingerprint density at radius 2 is 1.69 bits per heavy atom. The third-order valence-corrected chi connectivity index (χ3v) is 6.96. The maximum atomic E-state index is 12.8. The van der Waals surface area contributed by atoms with E-state index < -0.39 is 12.0 Å². The maximum absolute atomic E-state index is 12.8. The standard InChI is InChI=1S/C24H25Cl2N5O4S/c1-13(2)20(28-22(33)15-7-10-17(25)18(26)11-15)21-29-30-24(31(21)3)36-12-19(32)27-16-8-5-14(6-9-16)23(34)35-4/h5-11,13,20H,12H2,1-4H3,(H,27,32)(H,28,33)/t20-/m0/s1. The minimum atomic E-state index is -0.450. The second-order valence-electron chi connectivity index (χ2n) is 8.13. The average molecular weight is 550 g/mol. The number of anilines is 1. The number of aromatic nitrogens is 3. The number of carbonyl (C=O) groups is 3. The van der Waals surface area contributed by atoms with Crippen molar-refractivity contribution < 1.29 is 19.1 Å². The van der Waals surface area contributed by atoms with Gasteiger partial charge in [0.05, 0.1) is 34.5 Å². The van der Waals surface area contributed by atoms with E-state index >= 15 is 0 Å². The van der Waals surface area contributed by atoms with Crippen LogP contribution in [0.5, 0.6) is 0 Å². The van der Waals surface area contributed by atoms with Crippen molar-refractivity contribution in [1.82, 2.24) is 20.1 Å². The fourth-order valence-corrected chi connectivity index (χ4v) is 4.26. The molecule has 0 saturated heterocycles. The minimum Gasteiger partial charge on any atom is -0.465 e. The Balaban J connectivity index is 1.64. The zero-order valence-corrected chi connectivity index (χ0v) is 22.4. The lowest BCUT2D eigenvalue weighted by Gasteiger charge is -2.22. The molecule has 0 unspecified atom stereocenters. The number of amides is 2. The normalized spacial score (nSPS) is 11.8. The minimum absolute atomic E-state index is 0.00809. The Hall–Kier alpha value is -3.08. The molecule has 9 nitrogen and oxygen atoms in total. The van der Waals surface area contributed by atoms with Gasteiger partial charge >= 0.3 is 5.97 Å². The number of nitrogens with one attached hydrogen (secondary N) is 2. The van der Waals surface area contributed by atoms with E-state index in [4.69, 9.17) is 23.2 Å². The van der Waals surface area contributed by atoms with Crippen LogP contribution < -0.4 is 10.6 Å². The van der Waals surface area contributed by atoms with Crippen molar-refractivity contribution in [3.05, 3.63) is 69.5 Å². The Morgan fingerprint density at radius 1 is 1.03 bits per heavy atom. The van der Waals surface area contributed by atoms with Crippen LogP contribution in [0.4, 0.5) is 5.69 Å². The van der Waals surface area contributed by atoms with Crippen LogP contribution in [0.2, 0.25) is 10.0 Å². The van der Waals surface area contributed by atoms with Gasteiger partial charge in [0.2, 0.25) is 5.91 Å². The van der Waals surface area contributed by atoms with Gasteiger partial charge in [-0.1, -0.05) is 48.8 Å². The fraction of sp³-hybridized carbons (Fsp3) is 0.292. The quantitative estimate of drug-likeness (QED) is 0.292. The van der Waals surface area contributed by atoms with Gasteiger partial charge in [0.15, 0.2) is 11.0 Å². The molecule has 2 aromatic carbocycles. The van der Waals surface area contributed by atoms with Gasteiger partial charge in [0.25, 0.3) is 5.91 Å². The smallest absolute Gasteiger partial charge is 0.337 e. The van der Waals surface area contributed by atoms with Crippen molar-refractivity contribution in [3.8, 4) is 0 Å². The van der Waals surface area contributed by atoms with Crippen molar-refractivity contribution in [1.29, 1.82) is 0 Å². The number of hydrogen-bond donors (Lipinski definition) is 2. The van der Waals surface area contributed by atoms with Crippen molar-refractivity contribution >= 4 is 58.4 Å². The molecule has 2 N–H and O–H groups in total. The summed E-state index contributed by atoms with van der Waals surface area (Å²) in [6.07, 6.45) is 0. The SMILES string of the molecule is COC(=O)c1ccc(NC(=O)CSc2nnc([C@@H](NC(=O)c3ccc(Cl)c(Cl)c3)C(C)C)n2C)cc1. The van der Waals surface area contributed by atoms with Crippen LogP contribution in [0.25, 0.3) is 0 Å². The van der Waals surface area contributed by atoms with Gasteiger partial charge in [0, 0.05) is 18.3 Å². The number of rotatable bonds is 9. The van der Waals surface area contributed by atoms with Gasteiger partial charge in [-0.25, -0.2) is 4.79 Å². The van der Waals surface area contributed by atoms with E-state index in [1.165, 1.54) is 24.9 Å². The van der Waals surface area contributed by atoms with Gasteiger partial charge in [-0.15, -0.1) is 10.2 Å². The van der Waals surface area contributed by atoms with Crippen molar-refractivity contribution in [2.45, 2.75) is 25.0 Å². The largest absolute Gasteiger partial charge is 0.465 e. The molecule has 190 valence electrons. The summed E-state index contributed by atoms with van der Waals surface area (Å²) in [5, 5.41) is 15.4. The maximum Gasteiger partial charge on any atom is 0.337 e. The Kier molecular flexibility index (Phi) is 9.36. The van der Waals surface area contributed by atoms with Gasteiger partial charge in [-0.05, 0) is 48.4 Å². The Labute approximate surface area is 222 Å². The Bertz CT molecular complexity index is 1260. The van der Waals surface area contributed by atoms with Crippen LogP contribution in [0.1, 0.15) is 46.4 Å². The molecule has 0 aliphatic heterocycles. The number of halogens is 2. The molecular formula is C24H25Cl2N5O4S. The lowest BCUT2D eigenvalue weighted by molar-refractivity contribution is -0.113. The third-order valence-electron chi connectivity index (χ3n) is 5.20. The number of hydrogen-bond acceptors (Lipinski definition) is 7. The second-order valence-corrected chi connectivity index (χ2v) is 9.89. The van der Waals surface area contributed by atoms with E-state index in [-0.39, 0.29) is 23.5 Å². The predicted octanol–water partition coefficient (Wildman–Crippen LogP) is 4.77. The first kappa shape index (κ1) is 27.5. The first-order valence-corrected chi connectivity index (χ1v) is 12.6. The molecule has 3 aromatic rings. The number of nitrogens with zero attached hydrogens (tertiary/aromatic N) is 3. The molecule has 1 aromatic heterocycles. The number of carbonyl (C=O) groups excluding carboxylic acids is 3. The molecule has 2 amide bonds. The highest BCUT2D eigenvalue weighted by Crippen LogP contribution is 2.26. The third kappa shape index (κ3) is 6.77. The highest BCUT2D eigenvalue weighted by Gasteiger charge is 2.25. The topological polar surface area (TPSA) is 115 Å². The van der Waals surface area contributed by atoms with Gasteiger partial charge in [-0.2, -0.15) is 0 Å². The second kappa shape index (κ2) is 12.2. The molecule has 0 bridgehead atoms. The van der Waals surface area contributed by atoms with E-state index in [1.54, 1.807) is 48.0 Å². The van der Waals surface area contributed by atoms with Crippen molar-refractivity contribution in [2.75, 3.05) is 18.2 Å². The van der Waals surface area contributed by atoms with Gasteiger partial charge < -0.3 is 19.9 Å². The first-order valence-electron chi connectivity index (χ1n) is 10.9. The van der Waals surface area contributed by atoms with E-state index in [1.807, 2.05) is 13.8 Å². The molecule has 0 spiro atoms. The summed E-state index contributed by atoms with van der Waals surface area (Å²) in [4.78, 5) is 36.8. The molecule has 36 heavy (non-hydrogen) atoms.